The van der Waals surface area contributed by atoms with Crippen LogP contribution in [0.2, 0.25) is 0 Å². The molecular weight excluding hydrogens is 612 g/mol. The van der Waals surface area contributed by atoms with Crippen molar-refractivity contribution < 1.29 is 23.9 Å². The van der Waals surface area contributed by atoms with Gasteiger partial charge in [0.1, 0.15) is 11.6 Å². The van der Waals surface area contributed by atoms with Crippen LogP contribution in [0.25, 0.3) is 11.0 Å². The average molecular weight is 667 g/mol. The number of para-hydroxylation sites is 1. The molecule has 0 radical (unpaired) electrons. The van der Waals surface area contributed by atoms with Crippen molar-refractivity contribution in [3.8, 4) is 0 Å². The first-order valence-electron chi connectivity index (χ1n) is 18.1. The van der Waals surface area contributed by atoms with Gasteiger partial charge in [0, 0.05) is 58.8 Å². The Balaban J connectivity index is 0.927. The molecule has 1 saturated carbocycles. The minimum absolute atomic E-state index is 0.219. The van der Waals surface area contributed by atoms with Gasteiger partial charge in [0.2, 0.25) is 11.8 Å². The molecule has 0 spiro atoms. The summed E-state index contributed by atoms with van der Waals surface area (Å²) in [5.74, 6) is -0.00973. The van der Waals surface area contributed by atoms with Crippen LogP contribution in [0.3, 0.4) is 0 Å². The average Bonchev–Trinajstić information content (AvgIpc) is 3.29. The van der Waals surface area contributed by atoms with Crippen LogP contribution >= 0.6 is 0 Å². The number of alkyl carbamates (subject to hydrolysis) is 1. The number of carbonyl (C=O) groups excluding carboxylic acids is 3. The fourth-order valence-corrected chi connectivity index (χ4v) is 8.15. The van der Waals surface area contributed by atoms with Crippen molar-refractivity contribution in [2.75, 3.05) is 32.7 Å². The second-order valence-corrected chi connectivity index (χ2v) is 15.4. The molecule has 3 amide bonds. The lowest BCUT2D eigenvalue weighted by Crippen LogP contribution is -2.44. The molecule has 12 heteroatoms. The minimum Gasteiger partial charge on any atom is -0.444 e. The Labute approximate surface area is 283 Å². The van der Waals surface area contributed by atoms with Gasteiger partial charge in [-0.2, -0.15) is 0 Å². The van der Waals surface area contributed by atoms with Crippen molar-refractivity contribution in [2.45, 2.75) is 121 Å². The summed E-state index contributed by atoms with van der Waals surface area (Å²) in [5, 5.41) is 5.44. The Kier molecular flexibility index (Phi) is 10.6. The van der Waals surface area contributed by atoms with E-state index in [1.165, 1.54) is 0 Å². The van der Waals surface area contributed by atoms with Gasteiger partial charge in [-0.05, 0) is 96.1 Å². The first-order valence-corrected chi connectivity index (χ1v) is 18.1. The van der Waals surface area contributed by atoms with Gasteiger partial charge >= 0.3 is 11.8 Å². The van der Waals surface area contributed by atoms with Crippen molar-refractivity contribution >= 4 is 28.9 Å². The number of imide groups is 1. The van der Waals surface area contributed by atoms with Crippen molar-refractivity contribution in [2.24, 2.45) is 13.0 Å². The molecule has 12 nitrogen and oxygen atoms in total. The second-order valence-electron chi connectivity index (χ2n) is 15.4. The summed E-state index contributed by atoms with van der Waals surface area (Å²) in [5.41, 5.74) is 1.96. The van der Waals surface area contributed by atoms with Gasteiger partial charge in [-0.25, -0.2) is 9.59 Å². The van der Waals surface area contributed by atoms with Crippen LogP contribution in [0.4, 0.5) is 4.79 Å². The van der Waals surface area contributed by atoms with Crippen LogP contribution in [-0.2, 0) is 32.7 Å². The lowest BCUT2D eigenvalue weighted by atomic mass is 9.85. The van der Waals surface area contributed by atoms with E-state index in [1.807, 2.05) is 32.9 Å². The van der Waals surface area contributed by atoms with E-state index >= 15 is 0 Å². The summed E-state index contributed by atoms with van der Waals surface area (Å²) in [6.45, 7) is 11.6. The normalized spacial score (nSPS) is 25.7. The van der Waals surface area contributed by atoms with E-state index < -0.39 is 17.6 Å². The van der Waals surface area contributed by atoms with E-state index in [9.17, 15) is 19.2 Å². The van der Waals surface area contributed by atoms with Crippen molar-refractivity contribution in [3.63, 3.8) is 0 Å². The maximum Gasteiger partial charge on any atom is 0.407 e. The minimum atomic E-state index is -0.677. The maximum absolute atomic E-state index is 13.3. The molecule has 1 atom stereocenters. The number of likely N-dealkylation sites (tertiary alicyclic amines) is 2. The molecule has 3 saturated heterocycles. The van der Waals surface area contributed by atoms with Crippen molar-refractivity contribution in [3.05, 3.63) is 34.2 Å². The summed E-state index contributed by atoms with van der Waals surface area (Å²) in [4.78, 5) is 54.8. The number of aromatic nitrogens is 2. The van der Waals surface area contributed by atoms with Crippen LogP contribution in [-0.4, -0.2) is 93.4 Å². The number of ether oxygens (including phenoxy) is 2. The molecule has 0 bridgehead atoms. The topological polar surface area (TPSA) is 127 Å². The van der Waals surface area contributed by atoms with Crippen molar-refractivity contribution in [1.82, 2.24) is 29.6 Å². The van der Waals surface area contributed by atoms with Gasteiger partial charge in [0.05, 0.1) is 23.2 Å². The van der Waals surface area contributed by atoms with E-state index in [0.29, 0.717) is 18.4 Å². The van der Waals surface area contributed by atoms with E-state index in [-0.39, 0.29) is 36.3 Å². The Bertz CT molecular complexity index is 1520. The van der Waals surface area contributed by atoms with Gasteiger partial charge in [0.15, 0.2) is 0 Å². The number of carbonyl (C=O) groups is 3. The van der Waals surface area contributed by atoms with Gasteiger partial charge in [0.25, 0.3) is 0 Å². The third kappa shape index (κ3) is 8.31. The highest BCUT2D eigenvalue weighted by Gasteiger charge is 2.33. The standard InChI is InChI=1S/C36H54N6O6/c1-36(2,3)48-34(45)37-26-10-8-24(9-11-26)22-40-18-14-27(15-19-40)47-28-16-20-41(21-17-28)23-25-6-5-7-29-32(25)39(4)35(46)42(29)30-12-13-31(43)38-33(30)44/h5-7,24,26-28,30H,8-23H2,1-4H3,(H,37,45)(H,38,43,44). The number of benzene rings is 1. The SMILES string of the molecule is Cn1c(=O)n(C2CCC(=O)NC2=O)c2cccc(CN3CCC(OC4CCN(CC5CCC(NC(=O)OC(C)(C)C)CC5)CC4)CC3)c21. The highest BCUT2D eigenvalue weighted by molar-refractivity contribution is 6.00. The smallest absolute Gasteiger partial charge is 0.407 e. The molecule has 4 heterocycles. The molecule has 48 heavy (non-hydrogen) atoms. The number of nitrogens with one attached hydrogen (secondary N) is 2. The number of amides is 3. The molecule has 3 aliphatic heterocycles. The quantitative estimate of drug-likeness (QED) is 0.407. The zero-order valence-electron chi connectivity index (χ0n) is 29.2. The van der Waals surface area contributed by atoms with Gasteiger partial charge < -0.3 is 19.7 Å². The van der Waals surface area contributed by atoms with E-state index in [0.717, 1.165) is 107 Å². The number of rotatable bonds is 8. The van der Waals surface area contributed by atoms with Crippen LogP contribution < -0.4 is 16.3 Å². The van der Waals surface area contributed by atoms with Crippen LogP contribution in [0.5, 0.6) is 0 Å². The van der Waals surface area contributed by atoms with E-state index in [2.05, 4.69) is 26.5 Å². The summed E-state index contributed by atoms with van der Waals surface area (Å²) < 4.78 is 15.3. The Morgan fingerprint density at radius 2 is 1.54 bits per heavy atom. The largest absolute Gasteiger partial charge is 0.444 e. The number of nitrogens with zero attached hydrogens (tertiary/aromatic N) is 4. The van der Waals surface area contributed by atoms with Crippen LogP contribution in [0.15, 0.2) is 23.0 Å². The third-order valence-corrected chi connectivity index (χ3v) is 10.6. The van der Waals surface area contributed by atoms with Crippen LogP contribution in [0.1, 0.15) is 96.6 Å². The molecule has 264 valence electrons. The first-order chi connectivity index (χ1) is 22.9. The van der Waals surface area contributed by atoms with E-state index in [4.69, 9.17) is 9.47 Å². The summed E-state index contributed by atoms with van der Waals surface area (Å²) >= 11 is 0. The Morgan fingerprint density at radius 3 is 2.17 bits per heavy atom. The number of piperidine rings is 3. The van der Waals surface area contributed by atoms with Gasteiger partial charge in [-0.15, -0.1) is 0 Å². The number of hydrogen-bond acceptors (Lipinski definition) is 8. The zero-order chi connectivity index (χ0) is 34.0. The Morgan fingerprint density at radius 1 is 0.896 bits per heavy atom. The molecule has 2 aromatic rings. The van der Waals surface area contributed by atoms with Gasteiger partial charge in [-0.1, -0.05) is 12.1 Å². The number of aryl methyl sites for hydroxylation is 1. The molecule has 1 aromatic carbocycles. The summed E-state index contributed by atoms with van der Waals surface area (Å²) in [7, 11) is 1.76. The molecule has 6 rings (SSSR count). The van der Waals surface area contributed by atoms with E-state index in [1.54, 1.807) is 16.2 Å². The number of imidazole rings is 1. The highest BCUT2D eigenvalue weighted by atomic mass is 16.6. The monoisotopic (exact) mass is 666 g/mol. The molecule has 4 fully saturated rings. The fraction of sp³-hybridized carbons (Fsp3) is 0.722. The molecule has 1 unspecified atom stereocenters. The summed E-state index contributed by atoms with van der Waals surface area (Å²) in [6, 6.07) is 5.46. The lowest BCUT2D eigenvalue weighted by Gasteiger charge is -2.39. The van der Waals surface area contributed by atoms with Crippen molar-refractivity contribution in [1.29, 1.82) is 0 Å². The predicted octanol–water partition coefficient (Wildman–Crippen LogP) is 3.85. The predicted molar refractivity (Wildman–Crippen MR) is 183 cm³/mol. The number of hydrogen-bond donors (Lipinski definition) is 2. The summed E-state index contributed by atoms with van der Waals surface area (Å²) in [6.07, 6.45) is 9.33. The zero-order valence-corrected chi connectivity index (χ0v) is 29.2. The van der Waals surface area contributed by atoms with Gasteiger partial charge in [-0.3, -0.25) is 28.9 Å². The maximum atomic E-state index is 13.3. The fourth-order valence-electron chi connectivity index (χ4n) is 8.15. The number of fused-ring (bicyclic) bond motifs is 1. The molecular formula is C36H54N6O6. The molecule has 1 aliphatic carbocycles. The molecule has 1 aromatic heterocycles. The second kappa shape index (κ2) is 14.7. The molecule has 2 N–H and O–H groups in total. The lowest BCUT2D eigenvalue weighted by molar-refractivity contribution is -0.135. The van der Waals surface area contributed by atoms with Crippen LogP contribution in [0, 0.1) is 5.92 Å². The highest BCUT2D eigenvalue weighted by Crippen LogP contribution is 2.29. The molecule has 4 aliphatic rings. The third-order valence-electron chi connectivity index (χ3n) is 10.6. The Hall–Kier alpha value is -3.22. The first kappa shape index (κ1) is 34.6.